The highest BCUT2D eigenvalue weighted by atomic mass is 16.6. The number of methoxy groups -OCH3 is 1. The molecule has 35 heavy (non-hydrogen) atoms. The molecule has 0 bridgehead atoms. The van der Waals surface area contributed by atoms with Crippen LogP contribution >= 0.6 is 0 Å². The Morgan fingerprint density at radius 2 is 1.46 bits per heavy atom. The molecule has 3 aromatic carbocycles. The molecule has 3 rings (SSSR count). The van der Waals surface area contributed by atoms with Crippen molar-refractivity contribution in [3.05, 3.63) is 95.6 Å². The van der Waals surface area contributed by atoms with Gasteiger partial charge in [-0.1, -0.05) is 60.7 Å². The number of rotatable bonds is 9. The van der Waals surface area contributed by atoms with Gasteiger partial charge >= 0.3 is 6.09 Å². The van der Waals surface area contributed by atoms with Gasteiger partial charge in [0.05, 0.1) is 18.4 Å². The summed E-state index contributed by atoms with van der Waals surface area (Å²) >= 11 is 0. The fourth-order valence-corrected chi connectivity index (χ4v) is 3.72. The molecule has 6 nitrogen and oxygen atoms in total. The average Bonchev–Trinajstić information content (AvgIpc) is 2.84. The number of carbonyl (C=O) groups is 1. The van der Waals surface area contributed by atoms with Crippen LogP contribution in [0.3, 0.4) is 0 Å². The van der Waals surface area contributed by atoms with Crippen LogP contribution in [0.4, 0.5) is 10.5 Å². The molecule has 3 aromatic rings. The first kappa shape index (κ1) is 25.8. The summed E-state index contributed by atoms with van der Waals surface area (Å²) in [6, 6.07) is 27.8. The molecule has 0 saturated carbocycles. The highest BCUT2D eigenvalue weighted by Crippen LogP contribution is 2.27. The van der Waals surface area contributed by atoms with Crippen molar-refractivity contribution in [2.45, 2.75) is 39.5 Å². The Morgan fingerprint density at radius 3 is 1.94 bits per heavy atom. The normalized spacial score (nSPS) is 11.1. The Kier molecular flexibility index (Phi) is 8.88. The Hall–Kier alpha value is -3.82. The molecule has 0 atom stereocenters. The van der Waals surface area contributed by atoms with Gasteiger partial charge in [0.1, 0.15) is 17.4 Å². The van der Waals surface area contributed by atoms with Gasteiger partial charge in [0.25, 0.3) is 0 Å². The molecule has 0 heterocycles. The smallest absolute Gasteiger partial charge is 0.414 e. The van der Waals surface area contributed by atoms with Crippen molar-refractivity contribution in [3.63, 3.8) is 0 Å². The number of ether oxygens (including phenoxy) is 2. The fourth-order valence-electron chi connectivity index (χ4n) is 3.72. The Bertz CT molecular complexity index is 1090. The number of anilines is 1. The van der Waals surface area contributed by atoms with Crippen LogP contribution in [0, 0.1) is 11.3 Å². The van der Waals surface area contributed by atoms with Gasteiger partial charge in [-0.05, 0) is 44.0 Å². The van der Waals surface area contributed by atoms with E-state index in [0.717, 1.165) is 13.1 Å². The van der Waals surface area contributed by atoms with Gasteiger partial charge < -0.3 is 9.47 Å². The lowest BCUT2D eigenvalue weighted by atomic mass is 10.1. The quantitative estimate of drug-likeness (QED) is 0.382. The summed E-state index contributed by atoms with van der Waals surface area (Å²) in [5, 5.41) is 9.36. The molecule has 0 aromatic heterocycles. The van der Waals surface area contributed by atoms with Gasteiger partial charge in [0.2, 0.25) is 0 Å². The predicted octanol–water partition coefficient (Wildman–Crippen LogP) is 6.01. The zero-order chi connectivity index (χ0) is 25.3. The lowest BCUT2D eigenvalue weighted by Gasteiger charge is -2.30. The van der Waals surface area contributed by atoms with Crippen LogP contribution in [-0.2, 0) is 17.8 Å². The second-order valence-corrected chi connectivity index (χ2v) is 9.31. The number of amides is 1. The lowest BCUT2D eigenvalue weighted by molar-refractivity contribution is 0.0575. The van der Waals surface area contributed by atoms with E-state index in [-0.39, 0.29) is 0 Å². The van der Waals surface area contributed by atoms with Crippen molar-refractivity contribution < 1.29 is 14.3 Å². The monoisotopic (exact) mass is 471 g/mol. The van der Waals surface area contributed by atoms with E-state index in [4.69, 9.17) is 9.47 Å². The van der Waals surface area contributed by atoms with Crippen molar-refractivity contribution >= 4 is 11.8 Å². The summed E-state index contributed by atoms with van der Waals surface area (Å²) in [5.41, 5.74) is 2.80. The van der Waals surface area contributed by atoms with E-state index < -0.39 is 11.7 Å². The minimum atomic E-state index is -0.639. The Labute approximate surface area is 208 Å². The summed E-state index contributed by atoms with van der Waals surface area (Å²) in [6.07, 6.45) is -0.441. The molecule has 0 unspecified atom stereocenters. The number of hydrogen-bond acceptors (Lipinski definition) is 5. The molecule has 0 N–H and O–H groups in total. The zero-order valence-electron chi connectivity index (χ0n) is 20.9. The first-order chi connectivity index (χ1) is 16.8. The van der Waals surface area contributed by atoms with Crippen LogP contribution in [0.5, 0.6) is 5.75 Å². The Balaban J connectivity index is 1.87. The van der Waals surface area contributed by atoms with E-state index in [1.54, 1.807) is 23.1 Å². The number of hydrogen-bond donors (Lipinski definition) is 0. The molecule has 0 aliphatic heterocycles. The molecule has 0 radical (unpaired) electrons. The topological polar surface area (TPSA) is 65.8 Å². The Morgan fingerprint density at radius 1 is 0.886 bits per heavy atom. The third kappa shape index (κ3) is 7.87. The first-order valence-corrected chi connectivity index (χ1v) is 11.7. The van der Waals surface area contributed by atoms with Gasteiger partial charge in [0, 0.05) is 32.2 Å². The summed E-state index contributed by atoms with van der Waals surface area (Å²) in [6.45, 7) is 8.05. The molecular formula is C29H33N3O3. The van der Waals surface area contributed by atoms with E-state index in [2.05, 4.69) is 35.2 Å². The van der Waals surface area contributed by atoms with Gasteiger partial charge in [-0.15, -0.1) is 0 Å². The van der Waals surface area contributed by atoms with Gasteiger partial charge in [-0.3, -0.25) is 9.80 Å². The van der Waals surface area contributed by atoms with Crippen LogP contribution < -0.4 is 9.64 Å². The minimum absolute atomic E-state index is 0.406. The van der Waals surface area contributed by atoms with Crippen molar-refractivity contribution in [3.8, 4) is 11.8 Å². The molecule has 182 valence electrons. The number of carbonyl (C=O) groups excluding carboxylic acids is 1. The molecule has 0 aliphatic rings. The number of nitriles is 1. The summed E-state index contributed by atoms with van der Waals surface area (Å²) in [7, 11) is 1.51. The van der Waals surface area contributed by atoms with Crippen LogP contribution in [0.15, 0.2) is 78.9 Å². The third-order valence-electron chi connectivity index (χ3n) is 5.37. The van der Waals surface area contributed by atoms with Crippen molar-refractivity contribution in [2.75, 3.05) is 25.1 Å². The van der Waals surface area contributed by atoms with Crippen LogP contribution in [0.1, 0.15) is 37.5 Å². The van der Waals surface area contributed by atoms with E-state index in [0.29, 0.717) is 30.1 Å². The minimum Gasteiger partial charge on any atom is -0.495 e. The van der Waals surface area contributed by atoms with Crippen LogP contribution in [-0.4, -0.2) is 36.8 Å². The lowest BCUT2D eigenvalue weighted by Crippen LogP contribution is -2.41. The summed E-state index contributed by atoms with van der Waals surface area (Å²) in [4.78, 5) is 17.1. The van der Waals surface area contributed by atoms with E-state index in [1.807, 2.05) is 57.2 Å². The standard InChI is InChI=1S/C29H33N3O3/c1-29(2,3)35-28(33)32(26-16-15-25(20-30)27(19-26)34-4)18-17-31(21-23-11-7-5-8-12-23)22-24-13-9-6-10-14-24/h5-16,19H,17-18,21-22H2,1-4H3. The van der Waals surface area contributed by atoms with Gasteiger partial charge in [-0.25, -0.2) is 4.79 Å². The molecular weight excluding hydrogens is 438 g/mol. The fraction of sp³-hybridized carbons (Fsp3) is 0.310. The van der Waals surface area contributed by atoms with Crippen LogP contribution in [0.2, 0.25) is 0 Å². The third-order valence-corrected chi connectivity index (χ3v) is 5.37. The molecule has 0 saturated heterocycles. The van der Waals surface area contributed by atoms with Crippen molar-refractivity contribution in [1.82, 2.24) is 4.90 Å². The highest BCUT2D eigenvalue weighted by molar-refractivity contribution is 5.88. The van der Waals surface area contributed by atoms with E-state index in [1.165, 1.54) is 18.2 Å². The average molecular weight is 472 g/mol. The predicted molar refractivity (Wildman–Crippen MR) is 138 cm³/mol. The molecule has 0 spiro atoms. The number of nitrogens with zero attached hydrogens (tertiary/aromatic N) is 3. The molecule has 6 heteroatoms. The maximum Gasteiger partial charge on any atom is 0.414 e. The second kappa shape index (κ2) is 12.0. The first-order valence-electron chi connectivity index (χ1n) is 11.7. The van der Waals surface area contributed by atoms with Crippen LogP contribution in [0.25, 0.3) is 0 Å². The molecule has 0 fully saturated rings. The maximum atomic E-state index is 13.2. The summed E-state index contributed by atoms with van der Waals surface area (Å²) in [5.74, 6) is 0.420. The highest BCUT2D eigenvalue weighted by Gasteiger charge is 2.25. The van der Waals surface area contributed by atoms with Crippen molar-refractivity contribution in [2.24, 2.45) is 0 Å². The number of benzene rings is 3. The molecule has 0 aliphatic carbocycles. The molecule has 1 amide bonds. The van der Waals surface area contributed by atoms with Gasteiger partial charge in [-0.2, -0.15) is 5.26 Å². The van der Waals surface area contributed by atoms with Crippen molar-refractivity contribution in [1.29, 1.82) is 5.26 Å². The maximum absolute atomic E-state index is 13.2. The van der Waals surface area contributed by atoms with Gasteiger partial charge in [0.15, 0.2) is 0 Å². The summed E-state index contributed by atoms with van der Waals surface area (Å²) < 4.78 is 11.1. The van der Waals surface area contributed by atoms with E-state index >= 15 is 0 Å². The second-order valence-electron chi connectivity index (χ2n) is 9.31. The SMILES string of the molecule is COc1cc(N(CCN(Cc2ccccc2)Cc2ccccc2)C(=O)OC(C)(C)C)ccc1C#N. The largest absolute Gasteiger partial charge is 0.495 e. The zero-order valence-corrected chi connectivity index (χ0v) is 20.9. The van der Waals surface area contributed by atoms with E-state index in [9.17, 15) is 10.1 Å².